The van der Waals surface area contributed by atoms with Gasteiger partial charge >= 0.3 is 0 Å². The average Bonchev–Trinajstić information content (AvgIpc) is 3.04. The van der Waals surface area contributed by atoms with Crippen molar-refractivity contribution in [1.82, 2.24) is 0 Å². The molecular formula is C40H40N2O3. The Morgan fingerprint density at radius 2 is 1.11 bits per heavy atom. The highest BCUT2D eigenvalue weighted by Gasteiger charge is 2.12. The highest BCUT2D eigenvalue weighted by atomic mass is 16.5. The van der Waals surface area contributed by atoms with Crippen LogP contribution in [0, 0.1) is 48.9 Å². The molecule has 0 saturated carbocycles. The smallest absolute Gasteiger partial charge is 0.219 e. The van der Waals surface area contributed by atoms with Crippen molar-refractivity contribution in [2.45, 2.75) is 65.6 Å². The molecule has 4 aromatic rings. The third-order valence-corrected chi connectivity index (χ3v) is 7.21. The van der Waals surface area contributed by atoms with Gasteiger partial charge in [0.1, 0.15) is 24.7 Å². The zero-order valence-corrected chi connectivity index (χ0v) is 26.5. The minimum atomic E-state index is -0.349. The van der Waals surface area contributed by atoms with Gasteiger partial charge in [-0.1, -0.05) is 84.6 Å². The standard InChI is InChI=1S/C20H21NO2.C20H19NO/c1-3-6-17(13-20(21)22)16-9-11-19(12-10-16)23-14-18-8-5-4-7-15(18)2;1-3-6-17(13-14-21)18-9-11-20(12-10-18)22-15-19-8-5-4-7-16(19)2/h4-5,7-12,17H,13-14H2,1-2H3,(H2,21,22);4-5,7-12,17H,13,15H2,1-2H3. The Labute approximate surface area is 268 Å². The molecule has 0 aromatic heterocycles. The fourth-order valence-corrected chi connectivity index (χ4v) is 4.60. The van der Waals surface area contributed by atoms with Crippen molar-refractivity contribution >= 4 is 5.91 Å². The van der Waals surface area contributed by atoms with E-state index in [0.29, 0.717) is 19.6 Å². The van der Waals surface area contributed by atoms with Crippen LogP contribution in [0.3, 0.4) is 0 Å². The molecule has 4 rings (SSSR count). The van der Waals surface area contributed by atoms with Gasteiger partial charge in [0.2, 0.25) is 5.91 Å². The normalized spacial score (nSPS) is 11.1. The van der Waals surface area contributed by atoms with Crippen LogP contribution < -0.4 is 15.2 Å². The first-order valence-electron chi connectivity index (χ1n) is 14.9. The first-order valence-corrected chi connectivity index (χ1v) is 14.9. The van der Waals surface area contributed by atoms with E-state index in [-0.39, 0.29) is 24.2 Å². The van der Waals surface area contributed by atoms with E-state index in [0.717, 1.165) is 22.6 Å². The fourth-order valence-electron chi connectivity index (χ4n) is 4.60. The minimum absolute atomic E-state index is 0.0274. The second-order valence-corrected chi connectivity index (χ2v) is 10.5. The second-order valence-electron chi connectivity index (χ2n) is 10.5. The number of nitrogens with zero attached hydrogens (tertiary/aromatic N) is 1. The molecule has 0 aliphatic heterocycles. The van der Waals surface area contributed by atoms with Crippen molar-refractivity contribution in [2.75, 3.05) is 0 Å². The summed E-state index contributed by atoms with van der Waals surface area (Å²) in [5.74, 6) is 12.9. The van der Waals surface area contributed by atoms with Gasteiger partial charge in [0.05, 0.1) is 24.3 Å². The van der Waals surface area contributed by atoms with Gasteiger partial charge in [-0.3, -0.25) is 4.79 Å². The van der Waals surface area contributed by atoms with Crippen LogP contribution in [0.2, 0.25) is 0 Å². The molecule has 5 heteroatoms. The lowest BCUT2D eigenvalue weighted by molar-refractivity contribution is -0.118. The molecule has 4 aromatic carbocycles. The molecular weight excluding hydrogens is 556 g/mol. The third-order valence-electron chi connectivity index (χ3n) is 7.21. The summed E-state index contributed by atoms with van der Waals surface area (Å²) in [5.41, 5.74) is 12.1. The van der Waals surface area contributed by atoms with E-state index in [1.807, 2.05) is 72.8 Å². The quantitative estimate of drug-likeness (QED) is 0.177. The summed E-state index contributed by atoms with van der Waals surface area (Å²) >= 11 is 0. The van der Waals surface area contributed by atoms with Gasteiger partial charge in [-0.15, -0.1) is 11.8 Å². The number of hydrogen-bond acceptors (Lipinski definition) is 4. The molecule has 2 unspecified atom stereocenters. The Bertz CT molecular complexity index is 1700. The summed E-state index contributed by atoms with van der Waals surface area (Å²) in [6.45, 7) is 8.79. The fraction of sp³-hybridized carbons (Fsp3) is 0.250. The Balaban J connectivity index is 0.000000246. The van der Waals surface area contributed by atoms with Crippen LogP contribution >= 0.6 is 0 Å². The lowest BCUT2D eigenvalue weighted by Gasteiger charge is -2.12. The SMILES string of the molecule is CC#CC(CC#N)c1ccc(OCc2ccccc2C)cc1.CC#CC(CC(N)=O)c1ccc(OCc2ccccc2C)cc1. The van der Waals surface area contributed by atoms with Gasteiger partial charge in [0.15, 0.2) is 0 Å². The van der Waals surface area contributed by atoms with Crippen molar-refractivity contribution in [2.24, 2.45) is 5.73 Å². The molecule has 5 nitrogen and oxygen atoms in total. The number of nitrogens with two attached hydrogens (primary N) is 1. The summed E-state index contributed by atoms with van der Waals surface area (Å²) in [5, 5.41) is 8.87. The van der Waals surface area contributed by atoms with E-state index in [1.54, 1.807) is 13.8 Å². The molecule has 0 radical (unpaired) electrons. The topological polar surface area (TPSA) is 85.3 Å². The first-order chi connectivity index (χ1) is 21.8. The van der Waals surface area contributed by atoms with Crippen molar-refractivity contribution in [3.05, 3.63) is 130 Å². The molecule has 0 saturated heterocycles. The Morgan fingerprint density at radius 1 is 0.689 bits per heavy atom. The van der Waals surface area contributed by atoms with Crippen LogP contribution in [0.1, 0.15) is 71.9 Å². The van der Waals surface area contributed by atoms with Crippen LogP contribution in [0.5, 0.6) is 11.5 Å². The van der Waals surface area contributed by atoms with Crippen molar-refractivity contribution in [3.8, 4) is 41.2 Å². The molecule has 0 spiro atoms. The van der Waals surface area contributed by atoms with E-state index in [2.05, 4.69) is 67.9 Å². The number of carbonyl (C=O) groups excluding carboxylic acids is 1. The molecule has 2 atom stereocenters. The maximum atomic E-state index is 11.1. The Kier molecular flexibility index (Phi) is 13.8. The van der Waals surface area contributed by atoms with Crippen LogP contribution in [0.4, 0.5) is 0 Å². The maximum absolute atomic E-state index is 11.1. The summed E-state index contributed by atoms with van der Waals surface area (Å²) < 4.78 is 11.6. The minimum Gasteiger partial charge on any atom is -0.489 e. The summed E-state index contributed by atoms with van der Waals surface area (Å²) in [6.07, 6.45) is 0.633. The van der Waals surface area contributed by atoms with Crippen molar-refractivity contribution in [3.63, 3.8) is 0 Å². The predicted octanol–water partition coefficient (Wildman–Crippen LogP) is 8.15. The number of amides is 1. The van der Waals surface area contributed by atoms with Crippen LogP contribution in [-0.4, -0.2) is 5.91 Å². The molecule has 0 fully saturated rings. The van der Waals surface area contributed by atoms with E-state index < -0.39 is 0 Å². The largest absolute Gasteiger partial charge is 0.489 e. The third kappa shape index (κ3) is 11.3. The number of aryl methyl sites for hydroxylation is 2. The van der Waals surface area contributed by atoms with Gasteiger partial charge in [-0.05, 0) is 85.3 Å². The number of hydrogen-bond donors (Lipinski definition) is 1. The molecule has 0 aliphatic carbocycles. The van der Waals surface area contributed by atoms with Crippen LogP contribution in [-0.2, 0) is 18.0 Å². The van der Waals surface area contributed by atoms with Gasteiger partial charge in [0, 0.05) is 6.42 Å². The summed E-state index contributed by atoms with van der Waals surface area (Å²) in [6, 6.07) is 34.1. The molecule has 0 aliphatic rings. The zero-order chi connectivity index (χ0) is 32.4. The summed E-state index contributed by atoms with van der Waals surface area (Å²) in [4.78, 5) is 11.1. The van der Waals surface area contributed by atoms with E-state index in [4.69, 9.17) is 20.5 Å². The van der Waals surface area contributed by atoms with Gasteiger partial charge < -0.3 is 15.2 Å². The number of rotatable bonds is 11. The Morgan fingerprint density at radius 3 is 1.51 bits per heavy atom. The van der Waals surface area contributed by atoms with E-state index in [1.165, 1.54) is 22.3 Å². The number of benzene rings is 4. The lowest BCUT2D eigenvalue weighted by atomic mass is 9.96. The highest BCUT2D eigenvalue weighted by Crippen LogP contribution is 2.24. The molecule has 2 N–H and O–H groups in total. The number of primary amides is 1. The zero-order valence-electron chi connectivity index (χ0n) is 26.5. The maximum Gasteiger partial charge on any atom is 0.219 e. The number of carbonyl (C=O) groups is 1. The number of nitriles is 1. The first kappa shape index (κ1) is 34.1. The van der Waals surface area contributed by atoms with E-state index in [9.17, 15) is 4.79 Å². The molecule has 45 heavy (non-hydrogen) atoms. The summed E-state index contributed by atoms with van der Waals surface area (Å²) in [7, 11) is 0. The van der Waals surface area contributed by atoms with Crippen molar-refractivity contribution in [1.29, 1.82) is 5.26 Å². The number of ether oxygens (including phenoxy) is 2. The van der Waals surface area contributed by atoms with Gasteiger partial charge in [0.25, 0.3) is 0 Å². The molecule has 0 bridgehead atoms. The predicted molar refractivity (Wildman–Crippen MR) is 180 cm³/mol. The van der Waals surface area contributed by atoms with Gasteiger partial charge in [-0.2, -0.15) is 5.26 Å². The van der Waals surface area contributed by atoms with E-state index >= 15 is 0 Å². The average molecular weight is 597 g/mol. The molecule has 1 amide bonds. The van der Waals surface area contributed by atoms with Crippen LogP contribution in [0.25, 0.3) is 0 Å². The van der Waals surface area contributed by atoms with Gasteiger partial charge in [-0.25, -0.2) is 0 Å². The monoisotopic (exact) mass is 596 g/mol. The Hall–Kier alpha value is -5.44. The molecule has 228 valence electrons. The lowest BCUT2D eigenvalue weighted by Crippen LogP contribution is -2.14. The highest BCUT2D eigenvalue weighted by molar-refractivity contribution is 5.75. The van der Waals surface area contributed by atoms with Crippen molar-refractivity contribution < 1.29 is 14.3 Å². The van der Waals surface area contributed by atoms with Crippen LogP contribution in [0.15, 0.2) is 97.1 Å². The molecule has 0 heterocycles. The second kappa shape index (κ2) is 18.3.